The molecule has 7 nitrogen and oxygen atoms in total. The predicted octanol–water partition coefficient (Wildman–Crippen LogP) is 4.08. The van der Waals surface area contributed by atoms with Crippen LogP contribution in [0.5, 0.6) is 5.75 Å². The van der Waals surface area contributed by atoms with Gasteiger partial charge in [-0.05, 0) is 68.9 Å². The molecule has 0 radical (unpaired) electrons. The number of benzene rings is 1. The van der Waals surface area contributed by atoms with E-state index in [1.165, 1.54) is 32.1 Å². The summed E-state index contributed by atoms with van der Waals surface area (Å²) >= 11 is 0. The molecule has 1 N–H and O–H groups in total. The highest BCUT2D eigenvalue weighted by Gasteiger charge is 2.23. The molecule has 0 aromatic heterocycles. The predicted molar refractivity (Wildman–Crippen MR) is 117 cm³/mol. The van der Waals surface area contributed by atoms with E-state index in [0.717, 1.165) is 12.8 Å². The molecule has 3 rings (SSSR count). The first-order valence-electron chi connectivity index (χ1n) is 11.3. The van der Waals surface area contributed by atoms with Gasteiger partial charge in [-0.15, -0.1) is 0 Å². The van der Waals surface area contributed by atoms with Gasteiger partial charge in [-0.1, -0.05) is 25.3 Å². The zero-order valence-electron chi connectivity index (χ0n) is 18.2. The Morgan fingerprint density at radius 3 is 2.35 bits per heavy atom. The normalized spacial score (nSPS) is 18.0. The van der Waals surface area contributed by atoms with E-state index in [-0.39, 0.29) is 24.5 Å². The Hall–Kier alpha value is -2.83. The Labute approximate surface area is 183 Å². The number of carbonyl (C=O) groups excluding carboxylic acids is 3. The first kappa shape index (κ1) is 22.8. The van der Waals surface area contributed by atoms with Gasteiger partial charge in [-0.3, -0.25) is 9.59 Å². The Balaban J connectivity index is 1.41. The molecular formula is C24H32N2O5. The first-order valence-corrected chi connectivity index (χ1v) is 11.3. The molecule has 31 heavy (non-hydrogen) atoms. The summed E-state index contributed by atoms with van der Waals surface area (Å²) in [5.74, 6) is 0.768. The molecular weight excluding hydrogens is 396 g/mol. The van der Waals surface area contributed by atoms with Crippen LogP contribution in [0.2, 0.25) is 0 Å². The highest BCUT2D eigenvalue weighted by molar-refractivity contribution is 5.94. The molecule has 1 aromatic carbocycles. The molecule has 7 heteroatoms. The SMILES string of the molecule is CCOC(=O)Oc1ccc(C(=O)NC2CCN(C(=O)/C=C/C3CCCCC3)CC2)cc1. The van der Waals surface area contributed by atoms with Crippen LogP contribution in [-0.2, 0) is 9.53 Å². The third-order valence-corrected chi connectivity index (χ3v) is 5.88. The van der Waals surface area contributed by atoms with Gasteiger partial charge in [0.1, 0.15) is 5.75 Å². The van der Waals surface area contributed by atoms with Crippen molar-refractivity contribution < 1.29 is 23.9 Å². The van der Waals surface area contributed by atoms with Crippen molar-refractivity contribution >= 4 is 18.0 Å². The van der Waals surface area contributed by atoms with Gasteiger partial charge in [0.2, 0.25) is 5.91 Å². The second kappa shape index (κ2) is 11.5. The lowest BCUT2D eigenvalue weighted by Gasteiger charge is -2.32. The molecule has 2 aliphatic rings. The number of hydrogen-bond donors (Lipinski definition) is 1. The maximum absolute atomic E-state index is 12.5. The number of ether oxygens (including phenoxy) is 2. The van der Waals surface area contributed by atoms with Crippen molar-refractivity contribution in [3.8, 4) is 5.75 Å². The van der Waals surface area contributed by atoms with Crippen LogP contribution >= 0.6 is 0 Å². The zero-order valence-corrected chi connectivity index (χ0v) is 18.2. The summed E-state index contributed by atoms with van der Waals surface area (Å²) in [5, 5.41) is 3.03. The van der Waals surface area contributed by atoms with E-state index in [2.05, 4.69) is 11.4 Å². The summed E-state index contributed by atoms with van der Waals surface area (Å²) in [6.07, 6.45) is 10.7. The molecule has 1 aliphatic carbocycles. The molecule has 2 fully saturated rings. The minimum absolute atomic E-state index is 0.0364. The summed E-state index contributed by atoms with van der Waals surface area (Å²) < 4.78 is 9.72. The Kier molecular flexibility index (Phi) is 8.50. The number of likely N-dealkylation sites (tertiary alicyclic amines) is 1. The van der Waals surface area contributed by atoms with E-state index in [4.69, 9.17) is 9.47 Å². The number of nitrogens with zero attached hydrogens (tertiary/aromatic N) is 1. The highest BCUT2D eigenvalue weighted by atomic mass is 16.7. The van der Waals surface area contributed by atoms with Crippen molar-refractivity contribution in [2.45, 2.75) is 57.9 Å². The van der Waals surface area contributed by atoms with Gasteiger partial charge in [0, 0.05) is 24.7 Å². The second-order valence-corrected chi connectivity index (χ2v) is 8.14. The maximum Gasteiger partial charge on any atom is 0.513 e. The second-order valence-electron chi connectivity index (χ2n) is 8.14. The van der Waals surface area contributed by atoms with E-state index < -0.39 is 6.16 Å². The molecule has 0 bridgehead atoms. The number of amides is 2. The van der Waals surface area contributed by atoms with E-state index in [9.17, 15) is 14.4 Å². The Bertz CT molecular complexity index is 776. The molecule has 1 aliphatic heterocycles. The lowest BCUT2D eigenvalue weighted by Crippen LogP contribution is -2.46. The van der Waals surface area contributed by atoms with Crippen LogP contribution in [0.25, 0.3) is 0 Å². The van der Waals surface area contributed by atoms with Crippen LogP contribution in [0.15, 0.2) is 36.4 Å². The summed E-state index contributed by atoms with van der Waals surface area (Å²) in [5.41, 5.74) is 0.491. The third kappa shape index (κ3) is 7.12. The lowest BCUT2D eigenvalue weighted by atomic mass is 9.89. The number of hydrogen-bond acceptors (Lipinski definition) is 5. The number of rotatable bonds is 6. The lowest BCUT2D eigenvalue weighted by molar-refractivity contribution is -0.127. The topological polar surface area (TPSA) is 84.9 Å². The molecule has 0 spiro atoms. The Morgan fingerprint density at radius 2 is 1.71 bits per heavy atom. The monoisotopic (exact) mass is 428 g/mol. The summed E-state index contributed by atoms with van der Waals surface area (Å²) in [4.78, 5) is 38.2. The first-order chi connectivity index (χ1) is 15.0. The van der Waals surface area contributed by atoms with Crippen LogP contribution < -0.4 is 10.1 Å². The quantitative estimate of drug-likeness (QED) is 0.419. The molecule has 0 atom stereocenters. The van der Waals surface area contributed by atoms with E-state index >= 15 is 0 Å². The molecule has 168 valence electrons. The van der Waals surface area contributed by atoms with Crippen molar-refractivity contribution in [2.75, 3.05) is 19.7 Å². The minimum atomic E-state index is -0.769. The van der Waals surface area contributed by atoms with Gasteiger partial charge in [0.25, 0.3) is 5.91 Å². The van der Waals surface area contributed by atoms with Gasteiger partial charge in [0.05, 0.1) is 6.61 Å². The summed E-state index contributed by atoms with van der Waals surface area (Å²) in [6.45, 7) is 3.22. The summed E-state index contributed by atoms with van der Waals surface area (Å²) in [7, 11) is 0. The van der Waals surface area contributed by atoms with Gasteiger partial charge in [0.15, 0.2) is 0 Å². The van der Waals surface area contributed by atoms with E-state index in [1.807, 2.05) is 4.90 Å². The smallest absolute Gasteiger partial charge is 0.434 e. The van der Waals surface area contributed by atoms with Crippen LogP contribution in [0, 0.1) is 5.92 Å². The third-order valence-electron chi connectivity index (χ3n) is 5.88. The minimum Gasteiger partial charge on any atom is -0.434 e. The van der Waals surface area contributed by atoms with Crippen molar-refractivity contribution in [1.29, 1.82) is 0 Å². The van der Waals surface area contributed by atoms with Crippen molar-refractivity contribution in [2.24, 2.45) is 5.92 Å². The number of nitrogens with one attached hydrogen (secondary N) is 1. The number of carbonyl (C=O) groups is 3. The molecule has 1 saturated carbocycles. The largest absolute Gasteiger partial charge is 0.513 e. The average molecular weight is 429 g/mol. The Morgan fingerprint density at radius 1 is 1.03 bits per heavy atom. The van der Waals surface area contributed by atoms with Crippen LogP contribution in [0.4, 0.5) is 4.79 Å². The van der Waals surface area contributed by atoms with Crippen LogP contribution in [0.1, 0.15) is 62.2 Å². The standard InChI is InChI=1S/C24H32N2O5/c1-2-30-24(29)31-21-11-9-19(10-12-21)23(28)25-20-14-16-26(17-15-20)22(27)13-8-18-6-4-3-5-7-18/h8-13,18,20H,2-7,14-17H2,1H3,(H,25,28)/b13-8+. The molecule has 2 amide bonds. The van der Waals surface area contributed by atoms with E-state index in [1.54, 1.807) is 37.3 Å². The number of piperidine rings is 1. The van der Waals surface area contributed by atoms with Gasteiger partial charge in [-0.25, -0.2) is 4.79 Å². The van der Waals surface area contributed by atoms with Crippen molar-refractivity contribution in [3.63, 3.8) is 0 Å². The molecule has 1 saturated heterocycles. The maximum atomic E-state index is 12.5. The molecule has 1 aromatic rings. The summed E-state index contributed by atoms with van der Waals surface area (Å²) in [6, 6.07) is 6.38. The fourth-order valence-electron chi connectivity index (χ4n) is 4.08. The van der Waals surface area contributed by atoms with Gasteiger partial charge < -0.3 is 19.7 Å². The van der Waals surface area contributed by atoms with Crippen LogP contribution in [-0.4, -0.2) is 48.6 Å². The highest BCUT2D eigenvalue weighted by Crippen LogP contribution is 2.24. The fourth-order valence-corrected chi connectivity index (χ4v) is 4.08. The fraction of sp³-hybridized carbons (Fsp3) is 0.542. The van der Waals surface area contributed by atoms with Gasteiger partial charge in [-0.2, -0.15) is 0 Å². The molecule has 0 unspecified atom stereocenters. The van der Waals surface area contributed by atoms with Gasteiger partial charge >= 0.3 is 6.16 Å². The van der Waals surface area contributed by atoms with Crippen molar-refractivity contribution in [3.05, 3.63) is 42.0 Å². The van der Waals surface area contributed by atoms with E-state index in [0.29, 0.717) is 30.3 Å². The van der Waals surface area contributed by atoms with Crippen molar-refractivity contribution in [1.82, 2.24) is 10.2 Å². The van der Waals surface area contributed by atoms with Crippen LogP contribution in [0.3, 0.4) is 0 Å². The molecule has 1 heterocycles. The average Bonchev–Trinajstić information content (AvgIpc) is 2.79. The zero-order chi connectivity index (χ0) is 22.1. The number of allylic oxidation sites excluding steroid dienone is 1.